The zero-order valence-electron chi connectivity index (χ0n) is 13.5. The van der Waals surface area contributed by atoms with E-state index in [1.807, 2.05) is 31.2 Å². The summed E-state index contributed by atoms with van der Waals surface area (Å²) in [7, 11) is 0. The number of hydrogen-bond acceptors (Lipinski definition) is 3. The second-order valence-electron chi connectivity index (χ2n) is 5.64. The van der Waals surface area contributed by atoms with Crippen molar-refractivity contribution < 1.29 is 13.7 Å². The van der Waals surface area contributed by atoms with Crippen molar-refractivity contribution in [2.24, 2.45) is 0 Å². The summed E-state index contributed by atoms with van der Waals surface area (Å²) in [6.07, 6.45) is 0. The standard InChI is InChI=1S/C19H17FN2O2/c1-12-3-5-14(6-4-12)11-21-19(23)17-13(2)24-22-18(17)15-7-9-16(20)10-8-15/h3-10H,11H2,1-2H3,(H,21,23). The maximum atomic E-state index is 13.1. The van der Waals surface area contributed by atoms with Crippen LogP contribution in [0.4, 0.5) is 4.39 Å². The Kier molecular flexibility index (Phi) is 4.42. The van der Waals surface area contributed by atoms with E-state index in [1.165, 1.54) is 17.7 Å². The van der Waals surface area contributed by atoms with Gasteiger partial charge in [-0.2, -0.15) is 0 Å². The molecule has 0 aliphatic rings. The zero-order valence-corrected chi connectivity index (χ0v) is 13.5. The number of hydrogen-bond donors (Lipinski definition) is 1. The summed E-state index contributed by atoms with van der Waals surface area (Å²) < 4.78 is 18.2. The third-order valence-electron chi connectivity index (χ3n) is 3.78. The van der Waals surface area contributed by atoms with Crippen molar-refractivity contribution in [2.45, 2.75) is 20.4 Å². The molecular weight excluding hydrogens is 307 g/mol. The lowest BCUT2D eigenvalue weighted by molar-refractivity contribution is 0.0950. The zero-order chi connectivity index (χ0) is 17.1. The molecule has 0 spiro atoms. The molecule has 0 aliphatic carbocycles. The molecule has 5 heteroatoms. The van der Waals surface area contributed by atoms with Crippen LogP contribution in [-0.4, -0.2) is 11.1 Å². The Bertz CT molecular complexity index is 852. The number of nitrogens with one attached hydrogen (secondary N) is 1. The van der Waals surface area contributed by atoms with Crippen LogP contribution in [0.1, 0.15) is 27.2 Å². The Morgan fingerprint density at radius 1 is 1.08 bits per heavy atom. The van der Waals surface area contributed by atoms with Crippen LogP contribution in [-0.2, 0) is 6.54 Å². The first-order valence-electron chi connectivity index (χ1n) is 7.60. The molecule has 1 heterocycles. The lowest BCUT2D eigenvalue weighted by Gasteiger charge is -2.06. The molecular formula is C19H17FN2O2. The van der Waals surface area contributed by atoms with E-state index in [0.717, 1.165) is 5.56 Å². The van der Waals surface area contributed by atoms with Gasteiger partial charge in [0.25, 0.3) is 5.91 Å². The number of rotatable bonds is 4. The molecule has 122 valence electrons. The highest BCUT2D eigenvalue weighted by molar-refractivity contribution is 6.00. The summed E-state index contributed by atoms with van der Waals surface area (Å²) in [4.78, 5) is 12.5. The summed E-state index contributed by atoms with van der Waals surface area (Å²) >= 11 is 0. The van der Waals surface area contributed by atoms with Crippen molar-refractivity contribution in [3.05, 3.63) is 76.8 Å². The van der Waals surface area contributed by atoms with Crippen LogP contribution in [0, 0.1) is 19.7 Å². The van der Waals surface area contributed by atoms with E-state index in [1.54, 1.807) is 19.1 Å². The quantitative estimate of drug-likeness (QED) is 0.788. The average molecular weight is 324 g/mol. The second kappa shape index (κ2) is 6.66. The maximum absolute atomic E-state index is 13.1. The van der Waals surface area contributed by atoms with Crippen molar-refractivity contribution in [3.63, 3.8) is 0 Å². The van der Waals surface area contributed by atoms with Gasteiger partial charge >= 0.3 is 0 Å². The summed E-state index contributed by atoms with van der Waals surface area (Å²) in [5.41, 5.74) is 3.58. The summed E-state index contributed by atoms with van der Waals surface area (Å²) in [6, 6.07) is 13.7. The normalized spacial score (nSPS) is 10.6. The number of aryl methyl sites for hydroxylation is 2. The van der Waals surface area contributed by atoms with Crippen molar-refractivity contribution in [1.29, 1.82) is 0 Å². The van der Waals surface area contributed by atoms with E-state index in [0.29, 0.717) is 29.1 Å². The van der Waals surface area contributed by atoms with Gasteiger partial charge in [0.2, 0.25) is 0 Å². The Morgan fingerprint density at radius 2 is 1.75 bits per heavy atom. The highest BCUT2D eigenvalue weighted by Crippen LogP contribution is 2.25. The number of nitrogens with zero attached hydrogens (tertiary/aromatic N) is 1. The minimum atomic E-state index is -0.343. The number of amides is 1. The van der Waals surface area contributed by atoms with Gasteiger partial charge < -0.3 is 9.84 Å². The Hall–Kier alpha value is -2.95. The number of halogens is 1. The maximum Gasteiger partial charge on any atom is 0.257 e. The fourth-order valence-corrected chi connectivity index (χ4v) is 2.42. The van der Waals surface area contributed by atoms with Crippen LogP contribution in [0.15, 0.2) is 53.1 Å². The number of carbonyl (C=O) groups is 1. The van der Waals surface area contributed by atoms with Gasteiger partial charge in [0.15, 0.2) is 0 Å². The summed E-state index contributed by atoms with van der Waals surface area (Å²) in [5.74, 6) is -0.186. The molecule has 0 aliphatic heterocycles. The highest BCUT2D eigenvalue weighted by Gasteiger charge is 2.21. The molecule has 1 aromatic heterocycles. The number of benzene rings is 2. The van der Waals surface area contributed by atoms with Crippen molar-refractivity contribution in [2.75, 3.05) is 0 Å². The molecule has 0 unspecified atom stereocenters. The molecule has 3 rings (SSSR count). The predicted octanol–water partition coefficient (Wildman–Crippen LogP) is 4.03. The molecule has 1 amide bonds. The molecule has 0 saturated carbocycles. The number of carbonyl (C=O) groups excluding carboxylic acids is 1. The molecule has 0 atom stereocenters. The molecule has 3 aromatic rings. The first-order valence-corrected chi connectivity index (χ1v) is 7.60. The van der Waals surface area contributed by atoms with Crippen molar-refractivity contribution in [1.82, 2.24) is 10.5 Å². The summed E-state index contributed by atoms with van der Waals surface area (Å²) in [5, 5.41) is 6.82. The predicted molar refractivity (Wildman–Crippen MR) is 89.0 cm³/mol. The fourth-order valence-electron chi connectivity index (χ4n) is 2.42. The average Bonchev–Trinajstić information content (AvgIpc) is 2.96. The molecule has 0 bridgehead atoms. The van der Waals surface area contributed by atoms with E-state index in [4.69, 9.17) is 4.52 Å². The smallest absolute Gasteiger partial charge is 0.257 e. The van der Waals surface area contributed by atoms with E-state index in [2.05, 4.69) is 10.5 Å². The largest absolute Gasteiger partial charge is 0.360 e. The van der Waals surface area contributed by atoms with Crippen LogP contribution in [0.3, 0.4) is 0 Å². The van der Waals surface area contributed by atoms with Gasteiger partial charge in [0.1, 0.15) is 22.8 Å². The Morgan fingerprint density at radius 3 is 2.42 bits per heavy atom. The van der Waals surface area contributed by atoms with E-state index < -0.39 is 0 Å². The van der Waals surface area contributed by atoms with Gasteiger partial charge in [0, 0.05) is 12.1 Å². The lowest BCUT2D eigenvalue weighted by atomic mass is 10.1. The second-order valence-corrected chi connectivity index (χ2v) is 5.64. The van der Waals surface area contributed by atoms with Crippen LogP contribution >= 0.6 is 0 Å². The Labute approximate surface area is 139 Å². The third kappa shape index (κ3) is 3.35. The van der Waals surface area contributed by atoms with Crippen LogP contribution in [0.5, 0.6) is 0 Å². The first kappa shape index (κ1) is 15.9. The molecule has 0 radical (unpaired) electrons. The molecule has 4 nitrogen and oxygen atoms in total. The van der Waals surface area contributed by atoms with Crippen LogP contribution < -0.4 is 5.32 Å². The molecule has 24 heavy (non-hydrogen) atoms. The van der Waals surface area contributed by atoms with Gasteiger partial charge in [-0.15, -0.1) is 0 Å². The van der Waals surface area contributed by atoms with Crippen LogP contribution in [0.25, 0.3) is 11.3 Å². The van der Waals surface area contributed by atoms with E-state index >= 15 is 0 Å². The van der Waals surface area contributed by atoms with E-state index in [9.17, 15) is 9.18 Å². The monoisotopic (exact) mass is 324 g/mol. The molecule has 0 saturated heterocycles. The Balaban J connectivity index is 1.81. The minimum Gasteiger partial charge on any atom is -0.360 e. The van der Waals surface area contributed by atoms with Gasteiger partial charge in [-0.1, -0.05) is 35.0 Å². The molecule has 0 fully saturated rings. The highest BCUT2D eigenvalue weighted by atomic mass is 19.1. The third-order valence-corrected chi connectivity index (χ3v) is 3.78. The lowest BCUT2D eigenvalue weighted by Crippen LogP contribution is -2.23. The van der Waals surface area contributed by atoms with Gasteiger partial charge in [-0.05, 0) is 43.7 Å². The molecule has 2 aromatic carbocycles. The summed E-state index contributed by atoms with van der Waals surface area (Å²) in [6.45, 7) is 4.10. The number of aromatic nitrogens is 1. The van der Waals surface area contributed by atoms with Crippen molar-refractivity contribution in [3.8, 4) is 11.3 Å². The first-order chi connectivity index (χ1) is 11.5. The SMILES string of the molecule is Cc1ccc(CNC(=O)c2c(-c3ccc(F)cc3)noc2C)cc1. The van der Waals surface area contributed by atoms with Gasteiger partial charge in [0.05, 0.1) is 0 Å². The van der Waals surface area contributed by atoms with Gasteiger partial charge in [-0.3, -0.25) is 4.79 Å². The minimum absolute atomic E-state index is 0.270. The van der Waals surface area contributed by atoms with Gasteiger partial charge in [-0.25, -0.2) is 4.39 Å². The fraction of sp³-hybridized carbons (Fsp3) is 0.158. The van der Waals surface area contributed by atoms with Crippen LogP contribution in [0.2, 0.25) is 0 Å². The van der Waals surface area contributed by atoms with E-state index in [-0.39, 0.29) is 11.7 Å². The topological polar surface area (TPSA) is 55.1 Å². The van der Waals surface area contributed by atoms with Crippen molar-refractivity contribution >= 4 is 5.91 Å². The molecule has 1 N–H and O–H groups in total.